The first kappa shape index (κ1) is 22.9. The second-order valence-electron chi connectivity index (χ2n) is 7.37. The molecule has 0 saturated heterocycles. The van der Waals surface area contributed by atoms with Gasteiger partial charge in [-0.2, -0.15) is 0 Å². The predicted octanol–water partition coefficient (Wildman–Crippen LogP) is 4.26. The van der Waals surface area contributed by atoms with Crippen LogP contribution in [0.4, 0.5) is 10.8 Å². The lowest BCUT2D eigenvalue weighted by Gasteiger charge is -2.06. The summed E-state index contributed by atoms with van der Waals surface area (Å²) in [5.41, 5.74) is 3.98. The summed E-state index contributed by atoms with van der Waals surface area (Å²) in [6.45, 7) is 2.87. The van der Waals surface area contributed by atoms with Crippen LogP contribution in [-0.4, -0.2) is 39.3 Å². The number of carbonyl (C=O) groups excluding carboxylic acids is 3. The lowest BCUT2D eigenvalue weighted by Crippen LogP contribution is -2.19. The highest BCUT2D eigenvalue weighted by Crippen LogP contribution is 2.28. The van der Waals surface area contributed by atoms with Crippen molar-refractivity contribution in [3.05, 3.63) is 71.4 Å². The molecule has 0 fully saturated rings. The average molecular weight is 476 g/mol. The van der Waals surface area contributed by atoms with Gasteiger partial charge in [-0.25, -0.2) is 9.97 Å². The van der Waals surface area contributed by atoms with Crippen LogP contribution in [-0.2, 0) is 14.3 Å². The molecule has 0 saturated carbocycles. The number of carbonyl (C=O) groups is 3. The normalized spacial score (nSPS) is 10.5. The second kappa shape index (κ2) is 10.1. The third-order valence-corrected chi connectivity index (χ3v) is 5.45. The Kier molecular flexibility index (Phi) is 6.79. The molecule has 3 N–H and O–H groups in total. The van der Waals surface area contributed by atoms with Gasteiger partial charge in [-0.15, -0.1) is 11.3 Å². The van der Waals surface area contributed by atoms with E-state index in [0.29, 0.717) is 28.0 Å². The Balaban J connectivity index is 1.60. The molecule has 4 aromatic rings. The molecule has 0 bridgehead atoms. The van der Waals surface area contributed by atoms with Crippen LogP contribution in [0.25, 0.3) is 22.6 Å². The Morgan fingerprint density at radius 3 is 2.35 bits per heavy atom. The monoisotopic (exact) mass is 475 g/mol. The number of esters is 1. The smallest absolute Gasteiger partial charge is 0.303 e. The van der Waals surface area contributed by atoms with Crippen molar-refractivity contribution in [1.82, 2.24) is 15.0 Å². The van der Waals surface area contributed by atoms with E-state index in [-0.39, 0.29) is 12.5 Å². The number of nitrogens with one attached hydrogen (secondary N) is 3. The van der Waals surface area contributed by atoms with Crippen molar-refractivity contribution in [3.63, 3.8) is 0 Å². The minimum absolute atomic E-state index is 0.313. The Bertz CT molecular complexity index is 1310. The number of amides is 2. The molecular formula is C24H21N5O4S. The molecule has 0 atom stereocenters. The third-order valence-electron chi connectivity index (χ3n) is 4.76. The lowest BCUT2D eigenvalue weighted by molar-refractivity contribution is -0.144. The number of aryl methyl sites for hydroxylation is 1. The number of ether oxygens (including phenoxy) is 1. The van der Waals surface area contributed by atoms with E-state index >= 15 is 0 Å². The van der Waals surface area contributed by atoms with Crippen LogP contribution in [0.2, 0.25) is 0 Å². The number of H-pyrrole nitrogens is 1. The van der Waals surface area contributed by atoms with E-state index in [0.717, 1.165) is 16.7 Å². The number of benzene rings is 2. The molecular weight excluding hydrogens is 454 g/mol. The number of anilines is 2. The van der Waals surface area contributed by atoms with E-state index in [2.05, 4.69) is 25.3 Å². The first-order chi connectivity index (χ1) is 16.4. The summed E-state index contributed by atoms with van der Waals surface area (Å²) in [6.07, 6.45) is 1.62. The van der Waals surface area contributed by atoms with Crippen molar-refractivity contribution >= 4 is 39.9 Å². The Morgan fingerprint density at radius 2 is 1.71 bits per heavy atom. The van der Waals surface area contributed by atoms with Crippen LogP contribution in [0.1, 0.15) is 23.0 Å². The van der Waals surface area contributed by atoms with Gasteiger partial charge in [-0.05, 0) is 31.2 Å². The van der Waals surface area contributed by atoms with Crippen LogP contribution in [0.3, 0.4) is 0 Å². The number of aromatic amines is 1. The van der Waals surface area contributed by atoms with Crippen LogP contribution in [0.5, 0.6) is 0 Å². The van der Waals surface area contributed by atoms with E-state index in [1.165, 1.54) is 18.3 Å². The molecule has 0 radical (unpaired) electrons. The van der Waals surface area contributed by atoms with Crippen molar-refractivity contribution in [2.45, 2.75) is 13.8 Å². The highest BCUT2D eigenvalue weighted by molar-refractivity contribution is 7.13. The van der Waals surface area contributed by atoms with Gasteiger partial charge >= 0.3 is 5.97 Å². The zero-order valence-corrected chi connectivity index (χ0v) is 19.2. The van der Waals surface area contributed by atoms with E-state index < -0.39 is 11.9 Å². The van der Waals surface area contributed by atoms with Gasteiger partial charge in [0, 0.05) is 35.3 Å². The maximum atomic E-state index is 13.0. The number of rotatable bonds is 7. The van der Waals surface area contributed by atoms with Crippen molar-refractivity contribution < 1.29 is 19.1 Å². The van der Waals surface area contributed by atoms with Crippen LogP contribution in [0, 0.1) is 6.92 Å². The molecule has 0 unspecified atom stereocenters. The summed E-state index contributed by atoms with van der Waals surface area (Å²) in [6, 6.07) is 14.7. The van der Waals surface area contributed by atoms with Crippen LogP contribution < -0.4 is 10.6 Å². The highest BCUT2D eigenvalue weighted by atomic mass is 32.1. The fourth-order valence-corrected chi connectivity index (χ4v) is 3.64. The van der Waals surface area contributed by atoms with Gasteiger partial charge < -0.3 is 15.0 Å². The molecule has 0 aliphatic carbocycles. The van der Waals surface area contributed by atoms with Gasteiger partial charge in [-0.1, -0.05) is 29.8 Å². The standard InChI is InChI=1S/C24H21N5O4S/c1-14-3-5-16(6-4-14)20-21(23(32)29-24-25-11-12-34-24)28-22(27-20)17-7-9-18(10-8-17)26-19(31)13-33-15(2)30/h3-12H,13H2,1-2H3,(H,26,31)(H,27,28)(H,25,29,32). The summed E-state index contributed by atoms with van der Waals surface area (Å²) >= 11 is 1.32. The molecule has 10 heteroatoms. The molecule has 172 valence electrons. The maximum Gasteiger partial charge on any atom is 0.303 e. The van der Waals surface area contributed by atoms with Crippen molar-refractivity contribution in [2.24, 2.45) is 0 Å². The van der Waals surface area contributed by atoms with Gasteiger partial charge in [0.25, 0.3) is 11.8 Å². The number of imidazole rings is 1. The van der Waals surface area contributed by atoms with Gasteiger partial charge in [0.2, 0.25) is 0 Å². The molecule has 34 heavy (non-hydrogen) atoms. The zero-order chi connectivity index (χ0) is 24.1. The van der Waals surface area contributed by atoms with Gasteiger partial charge in [-0.3, -0.25) is 19.7 Å². The quantitative estimate of drug-likeness (QED) is 0.343. The molecule has 0 aliphatic rings. The van der Waals surface area contributed by atoms with Gasteiger partial charge in [0.15, 0.2) is 11.7 Å². The van der Waals surface area contributed by atoms with E-state index in [4.69, 9.17) is 4.98 Å². The number of hydrogen-bond donors (Lipinski definition) is 3. The first-order valence-corrected chi connectivity index (χ1v) is 11.2. The molecule has 2 aromatic heterocycles. The highest BCUT2D eigenvalue weighted by Gasteiger charge is 2.20. The fraction of sp³-hybridized carbons (Fsp3) is 0.125. The fourth-order valence-electron chi connectivity index (χ4n) is 3.12. The molecule has 2 aromatic carbocycles. The van der Waals surface area contributed by atoms with Crippen LogP contribution >= 0.6 is 11.3 Å². The third kappa shape index (κ3) is 5.54. The largest absolute Gasteiger partial charge is 0.456 e. The minimum atomic E-state index is -0.526. The van der Waals surface area contributed by atoms with Gasteiger partial charge in [0.05, 0.1) is 0 Å². The lowest BCUT2D eigenvalue weighted by atomic mass is 10.1. The topological polar surface area (TPSA) is 126 Å². The number of hydrogen-bond acceptors (Lipinski definition) is 7. The molecule has 2 amide bonds. The van der Waals surface area contributed by atoms with Crippen molar-refractivity contribution in [2.75, 3.05) is 17.2 Å². The Morgan fingerprint density at radius 1 is 1.00 bits per heavy atom. The molecule has 4 rings (SSSR count). The zero-order valence-electron chi connectivity index (χ0n) is 18.4. The molecule has 2 heterocycles. The predicted molar refractivity (Wildman–Crippen MR) is 130 cm³/mol. The van der Waals surface area contributed by atoms with Gasteiger partial charge in [0.1, 0.15) is 17.2 Å². The SMILES string of the molecule is CC(=O)OCC(=O)Nc1ccc(-c2nc(-c3ccc(C)cc3)c(C(=O)Nc3nccs3)[nH]2)cc1. The summed E-state index contributed by atoms with van der Waals surface area (Å²) in [4.78, 5) is 47.6. The summed E-state index contributed by atoms with van der Waals surface area (Å²) in [5.74, 6) is -0.817. The van der Waals surface area contributed by atoms with E-state index in [1.54, 1.807) is 35.8 Å². The summed E-state index contributed by atoms with van der Waals surface area (Å²) in [7, 11) is 0. The summed E-state index contributed by atoms with van der Waals surface area (Å²) in [5, 5.41) is 7.71. The van der Waals surface area contributed by atoms with E-state index in [9.17, 15) is 14.4 Å². The molecule has 0 spiro atoms. The minimum Gasteiger partial charge on any atom is -0.456 e. The molecule has 0 aliphatic heterocycles. The maximum absolute atomic E-state index is 13.0. The van der Waals surface area contributed by atoms with Crippen molar-refractivity contribution in [1.29, 1.82) is 0 Å². The Labute approximate surface area is 199 Å². The van der Waals surface area contributed by atoms with Crippen LogP contribution in [0.15, 0.2) is 60.1 Å². The molecule has 9 nitrogen and oxygen atoms in total. The summed E-state index contributed by atoms with van der Waals surface area (Å²) < 4.78 is 4.69. The van der Waals surface area contributed by atoms with E-state index in [1.807, 2.05) is 31.2 Å². The number of thiazole rings is 1. The number of aromatic nitrogens is 3. The average Bonchev–Trinajstić information content (AvgIpc) is 3.49. The van der Waals surface area contributed by atoms with Crippen molar-refractivity contribution in [3.8, 4) is 22.6 Å². The second-order valence-corrected chi connectivity index (χ2v) is 8.27. The Hall–Kier alpha value is -4.31. The first-order valence-electron chi connectivity index (χ1n) is 10.3. The number of nitrogens with zero attached hydrogens (tertiary/aromatic N) is 2.